The number of carbonyl (C=O) groups is 3. The summed E-state index contributed by atoms with van der Waals surface area (Å²) in [6.07, 6.45) is 3.31. The van der Waals surface area contributed by atoms with Crippen LogP contribution in [-0.4, -0.2) is 53.0 Å². The molecule has 200 valence electrons. The number of nitrogens with two attached hydrogens (primary N) is 1. The third kappa shape index (κ3) is 5.70. The number of methoxy groups -OCH3 is 1. The zero-order valence-electron chi connectivity index (χ0n) is 21.6. The molecule has 0 unspecified atom stereocenters. The molecule has 4 rings (SSSR count). The van der Waals surface area contributed by atoms with Gasteiger partial charge >= 0.3 is 0 Å². The summed E-state index contributed by atoms with van der Waals surface area (Å²) >= 11 is 0. The SMILES string of the molecule is CCc1c(CO)cccc1Nc1c(CC(N)=O)cnc2cc(OCCCN3C(=O)CCC3=O)c(OC)cc12. The Morgan fingerprint density at radius 1 is 1.16 bits per heavy atom. The van der Waals surface area contributed by atoms with Crippen LogP contribution >= 0.6 is 0 Å². The Labute approximate surface area is 220 Å². The number of fused-ring (bicyclic) bond motifs is 1. The Kier molecular flexibility index (Phi) is 8.42. The second kappa shape index (κ2) is 11.9. The summed E-state index contributed by atoms with van der Waals surface area (Å²) in [6.45, 7) is 2.51. The van der Waals surface area contributed by atoms with E-state index in [9.17, 15) is 19.5 Å². The van der Waals surface area contributed by atoms with Gasteiger partial charge in [-0.25, -0.2) is 0 Å². The fraction of sp³-hybridized carbons (Fsp3) is 0.357. The standard InChI is InChI=1S/C28H32N4O6/c1-3-19-17(16-33)6-4-7-21(19)31-28-18(12-25(29)34)15-30-22-14-24(23(37-2)13-20(22)28)38-11-5-10-32-26(35)8-9-27(32)36/h4,6-7,13-15,33H,3,5,8-12,16H2,1-2H3,(H2,29,34)(H,30,31). The number of aliphatic hydroxyl groups is 1. The van der Waals surface area contributed by atoms with Crippen molar-refractivity contribution in [2.24, 2.45) is 5.73 Å². The number of primary amides is 1. The number of imide groups is 1. The molecule has 0 bridgehead atoms. The summed E-state index contributed by atoms with van der Waals surface area (Å²) in [5.74, 6) is 0.148. The van der Waals surface area contributed by atoms with E-state index in [0.29, 0.717) is 53.0 Å². The van der Waals surface area contributed by atoms with Crippen molar-refractivity contribution in [3.8, 4) is 11.5 Å². The van der Waals surface area contributed by atoms with Gasteiger partial charge in [0.2, 0.25) is 17.7 Å². The molecule has 3 aromatic rings. The molecule has 2 aromatic carbocycles. The number of likely N-dealkylation sites (tertiary alicyclic amines) is 1. The topological polar surface area (TPSA) is 144 Å². The smallest absolute Gasteiger partial charge is 0.229 e. The first kappa shape index (κ1) is 26.9. The highest BCUT2D eigenvalue weighted by molar-refractivity contribution is 6.02. The van der Waals surface area contributed by atoms with Crippen molar-refractivity contribution in [1.82, 2.24) is 9.88 Å². The lowest BCUT2D eigenvalue weighted by Crippen LogP contribution is -2.30. The molecule has 1 aliphatic heterocycles. The average molecular weight is 521 g/mol. The number of carbonyl (C=O) groups excluding carboxylic acids is 3. The second-order valence-corrected chi connectivity index (χ2v) is 9.04. The molecule has 0 saturated carbocycles. The highest BCUT2D eigenvalue weighted by Crippen LogP contribution is 2.38. The Bertz CT molecular complexity index is 1360. The van der Waals surface area contributed by atoms with Crippen LogP contribution in [0.25, 0.3) is 10.9 Å². The predicted octanol–water partition coefficient (Wildman–Crippen LogP) is 2.99. The minimum atomic E-state index is -0.490. The number of ether oxygens (including phenoxy) is 2. The maximum absolute atomic E-state index is 11.8. The third-order valence-corrected chi connectivity index (χ3v) is 6.59. The number of rotatable bonds is 12. The highest BCUT2D eigenvalue weighted by atomic mass is 16.5. The maximum Gasteiger partial charge on any atom is 0.229 e. The molecular formula is C28H32N4O6. The number of hydrogen-bond donors (Lipinski definition) is 3. The van der Waals surface area contributed by atoms with Gasteiger partial charge in [-0.3, -0.25) is 24.3 Å². The number of aromatic nitrogens is 1. The molecule has 1 aliphatic rings. The molecular weight excluding hydrogens is 488 g/mol. The Balaban J connectivity index is 1.65. The lowest BCUT2D eigenvalue weighted by atomic mass is 10.0. The molecule has 1 aromatic heterocycles. The van der Waals surface area contributed by atoms with Gasteiger partial charge in [0.05, 0.1) is 37.9 Å². The van der Waals surface area contributed by atoms with E-state index in [4.69, 9.17) is 15.2 Å². The Hall–Kier alpha value is -4.18. The third-order valence-electron chi connectivity index (χ3n) is 6.59. The molecule has 10 nitrogen and oxygen atoms in total. The molecule has 0 radical (unpaired) electrons. The number of amides is 3. The lowest BCUT2D eigenvalue weighted by Gasteiger charge is -2.19. The summed E-state index contributed by atoms with van der Waals surface area (Å²) < 4.78 is 11.6. The number of pyridine rings is 1. The van der Waals surface area contributed by atoms with Crippen molar-refractivity contribution in [2.75, 3.05) is 25.6 Å². The molecule has 0 aliphatic carbocycles. The van der Waals surface area contributed by atoms with Crippen molar-refractivity contribution in [1.29, 1.82) is 0 Å². The number of nitrogens with one attached hydrogen (secondary N) is 1. The van der Waals surface area contributed by atoms with Gasteiger partial charge < -0.3 is 25.6 Å². The predicted molar refractivity (Wildman–Crippen MR) is 142 cm³/mol. The van der Waals surface area contributed by atoms with E-state index < -0.39 is 5.91 Å². The quantitative estimate of drug-likeness (QED) is 0.244. The van der Waals surface area contributed by atoms with Crippen LogP contribution < -0.4 is 20.5 Å². The van der Waals surface area contributed by atoms with E-state index in [-0.39, 0.29) is 44.3 Å². The lowest BCUT2D eigenvalue weighted by molar-refractivity contribution is -0.138. The second-order valence-electron chi connectivity index (χ2n) is 9.04. The van der Waals surface area contributed by atoms with Crippen molar-refractivity contribution < 1.29 is 29.0 Å². The van der Waals surface area contributed by atoms with Gasteiger partial charge in [0, 0.05) is 48.3 Å². The number of aliphatic hydroxyl groups excluding tert-OH is 1. The molecule has 1 fully saturated rings. The minimum Gasteiger partial charge on any atom is -0.493 e. The molecule has 0 atom stereocenters. The minimum absolute atomic E-state index is 0.0130. The maximum atomic E-state index is 11.8. The zero-order chi connectivity index (χ0) is 27.2. The normalized spacial score (nSPS) is 13.3. The average Bonchev–Trinajstić information content (AvgIpc) is 3.23. The van der Waals surface area contributed by atoms with Crippen LogP contribution in [0.2, 0.25) is 0 Å². The number of anilines is 2. The molecule has 2 heterocycles. The molecule has 38 heavy (non-hydrogen) atoms. The largest absolute Gasteiger partial charge is 0.493 e. The highest BCUT2D eigenvalue weighted by Gasteiger charge is 2.28. The van der Waals surface area contributed by atoms with E-state index >= 15 is 0 Å². The van der Waals surface area contributed by atoms with Gasteiger partial charge in [0.1, 0.15) is 0 Å². The van der Waals surface area contributed by atoms with Gasteiger partial charge in [0.25, 0.3) is 0 Å². The zero-order valence-corrected chi connectivity index (χ0v) is 21.6. The van der Waals surface area contributed by atoms with E-state index in [2.05, 4.69) is 10.3 Å². The summed E-state index contributed by atoms with van der Waals surface area (Å²) in [7, 11) is 1.53. The van der Waals surface area contributed by atoms with E-state index in [1.165, 1.54) is 12.0 Å². The van der Waals surface area contributed by atoms with Crippen LogP contribution in [0.4, 0.5) is 11.4 Å². The van der Waals surface area contributed by atoms with E-state index in [1.54, 1.807) is 18.3 Å². The first-order valence-corrected chi connectivity index (χ1v) is 12.6. The van der Waals surface area contributed by atoms with Gasteiger partial charge in [-0.2, -0.15) is 0 Å². The first-order chi connectivity index (χ1) is 18.4. The van der Waals surface area contributed by atoms with E-state index in [1.807, 2.05) is 25.1 Å². The monoisotopic (exact) mass is 520 g/mol. The number of nitrogens with zero attached hydrogens (tertiary/aromatic N) is 2. The Morgan fingerprint density at radius 3 is 2.58 bits per heavy atom. The molecule has 3 amide bonds. The van der Waals surface area contributed by atoms with Gasteiger partial charge in [-0.1, -0.05) is 19.1 Å². The van der Waals surface area contributed by atoms with Gasteiger partial charge in [-0.15, -0.1) is 0 Å². The number of hydrogen-bond acceptors (Lipinski definition) is 8. The molecule has 1 saturated heterocycles. The van der Waals surface area contributed by atoms with Crippen LogP contribution in [0.1, 0.15) is 42.9 Å². The fourth-order valence-corrected chi connectivity index (χ4v) is 4.71. The van der Waals surface area contributed by atoms with Crippen molar-refractivity contribution in [3.63, 3.8) is 0 Å². The van der Waals surface area contributed by atoms with Gasteiger partial charge in [0.15, 0.2) is 11.5 Å². The van der Waals surface area contributed by atoms with Crippen molar-refractivity contribution in [3.05, 3.63) is 53.2 Å². The molecule has 10 heteroatoms. The van der Waals surface area contributed by atoms with Crippen molar-refractivity contribution in [2.45, 2.75) is 45.6 Å². The Morgan fingerprint density at radius 2 is 1.92 bits per heavy atom. The van der Waals surface area contributed by atoms with Crippen LogP contribution in [0.15, 0.2) is 36.5 Å². The fourth-order valence-electron chi connectivity index (χ4n) is 4.71. The molecule has 4 N–H and O–H groups in total. The first-order valence-electron chi connectivity index (χ1n) is 12.6. The van der Waals surface area contributed by atoms with Crippen LogP contribution in [0, 0.1) is 0 Å². The van der Waals surface area contributed by atoms with Gasteiger partial charge in [-0.05, 0) is 36.1 Å². The summed E-state index contributed by atoms with van der Waals surface area (Å²) in [6, 6.07) is 9.20. The van der Waals surface area contributed by atoms with Crippen LogP contribution in [0.5, 0.6) is 11.5 Å². The van der Waals surface area contributed by atoms with Crippen molar-refractivity contribution >= 4 is 40.0 Å². The molecule has 0 spiro atoms. The summed E-state index contributed by atoms with van der Waals surface area (Å²) in [5.41, 5.74) is 10.0. The number of benzene rings is 2. The summed E-state index contributed by atoms with van der Waals surface area (Å²) in [5, 5.41) is 14.0. The van der Waals surface area contributed by atoms with E-state index in [0.717, 1.165) is 16.8 Å². The van der Waals surface area contributed by atoms with Crippen LogP contribution in [0.3, 0.4) is 0 Å². The van der Waals surface area contributed by atoms with Crippen LogP contribution in [-0.2, 0) is 33.8 Å². The summed E-state index contributed by atoms with van der Waals surface area (Å²) in [4.78, 5) is 41.3.